The predicted molar refractivity (Wildman–Crippen MR) is 106 cm³/mol. The molecule has 0 saturated carbocycles. The molecule has 2 aromatic heterocycles. The van der Waals surface area contributed by atoms with Crippen LogP contribution in [0.1, 0.15) is 5.56 Å². The molecule has 0 spiro atoms. The Morgan fingerprint density at radius 3 is 2.67 bits per heavy atom. The minimum atomic E-state index is -0.347. The number of hydrogen-bond acceptors (Lipinski definition) is 6. The Kier molecular flexibility index (Phi) is 4.91. The van der Waals surface area contributed by atoms with Crippen LogP contribution in [-0.4, -0.2) is 53.2 Å². The van der Waals surface area contributed by atoms with Crippen LogP contribution in [0, 0.1) is 0 Å². The Labute approximate surface area is 160 Å². The van der Waals surface area contributed by atoms with Crippen LogP contribution in [0.4, 0.5) is 10.5 Å². The third-order valence-electron chi connectivity index (χ3n) is 4.60. The van der Waals surface area contributed by atoms with Crippen LogP contribution in [0.2, 0.25) is 0 Å². The zero-order valence-electron chi connectivity index (χ0n) is 15.0. The molecule has 1 aromatic carbocycles. The Bertz CT molecular complexity index is 1010. The van der Waals surface area contributed by atoms with Crippen LogP contribution < -0.4 is 10.5 Å². The number of amides is 1. The number of carbonyl (C=O) groups excluding carboxylic acids is 1. The van der Waals surface area contributed by atoms with Crippen molar-refractivity contribution < 1.29 is 9.53 Å². The second-order valence-electron chi connectivity index (χ2n) is 6.45. The average Bonchev–Trinajstić information content (AvgIpc) is 3.05. The molecule has 27 heavy (non-hydrogen) atoms. The van der Waals surface area contributed by atoms with Gasteiger partial charge in [-0.25, -0.2) is 9.78 Å². The summed E-state index contributed by atoms with van der Waals surface area (Å²) in [6.07, 6.45) is 1.62. The molecule has 0 aliphatic carbocycles. The lowest BCUT2D eigenvalue weighted by Gasteiger charge is -2.29. The van der Waals surface area contributed by atoms with Gasteiger partial charge in [-0.15, -0.1) is 0 Å². The number of rotatable bonds is 3. The number of pyridine rings is 1. The van der Waals surface area contributed by atoms with Gasteiger partial charge in [0, 0.05) is 38.6 Å². The number of anilines is 1. The van der Waals surface area contributed by atoms with E-state index in [2.05, 4.69) is 22.0 Å². The van der Waals surface area contributed by atoms with Gasteiger partial charge >= 0.3 is 6.03 Å². The van der Waals surface area contributed by atoms with Crippen LogP contribution in [0.5, 0.6) is 0 Å². The van der Waals surface area contributed by atoms with Crippen molar-refractivity contribution >= 4 is 33.5 Å². The van der Waals surface area contributed by atoms with Gasteiger partial charge in [0.15, 0.2) is 0 Å². The molecule has 3 heterocycles. The summed E-state index contributed by atoms with van der Waals surface area (Å²) in [6, 6.07) is 11.2. The maximum absolute atomic E-state index is 12.7. The first-order valence-electron chi connectivity index (χ1n) is 8.77. The molecule has 8 heteroatoms. The van der Waals surface area contributed by atoms with Crippen LogP contribution in [0.15, 0.2) is 47.4 Å². The largest absolute Gasteiger partial charge is 0.378 e. The van der Waals surface area contributed by atoms with Crippen molar-refractivity contribution in [3.63, 3.8) is 0 Å². The Hall–Kier alpha value is -2.71. The number of benzene rings is 1. The summed E-state index contributed by atoms with van der Waals surface area (Å²) in [6.45, 7) is 3.70. The topological polar surface area (TPSA) is 67.7 Å². The highest BCUT2D eigenvalue weighted by Crippen LogP contribution is 2.18. The molecule has 140 valence electrons. The monoisotopic (exact) mass is 384 g/mol. The molecular formula is C19H20N4O3S. The molecule has 0 atom stereocenters. The smallest absolute Gasteiger partial charge is 0.340 e. The van der Waals surface area contributed by atoms with Crippen LogP contribution in [0.3, 0.4) is 0 Å². The van der Waals surface area contributed by atoms with E-state index in [-0.39, 0.29) is 11.6 Å². The first-order valence-corrected chi connectivity index (χ1v) is 9.55. The highest BCUT2D eigenvalue weighted by atomic mass is 32.1. The number of aromatic nitrogens is 2. The maximum atomic E-state index is 12.7. The summed E-state index contributed by atoms with van der Waals surface area (Å²) in [7, 11) is 1.70. The molecule has 3 aromatic rings. The van der Waals surface area contributed by atoms with Crippen molar-refractivity contribution in [2.24, 2.45) is 0 Å². The lowest BCUT2D eigenvalue weighted by Crippen LogP contribution is -2.36. The second-order valence-corrected chi connectivity index (χ2v) is 7.39. The molecule has 1 saturated heterocycles. The highest BCUT2D eigenvalue weighted by molar-refractivity contribution is 7.14. The predicted octanol–water partition coefficient (Wildman–Crippen LogP) is 2.39. The summed E-state index contributed by atoms with van der Waals surface area (Å²) < 4.78 is 6.55. The molecule has 0 N–H and O–H groups in total. The van der Waals surface area contributed by atoms with Gasteiger partial charge in [-0.2, -0.15) is 3.96 Å². The van der Waals surface area contributed by atoms with E-state index in [0.29, 0.717) is 16.8 Å². The third kappa shape index (κ3) is 3.58. The number of nitrogens with zero attached hydrogens (tertiary/aromatic N) is 4. The number of ether oxygens (including phenoxy) is 1. The fourth-order valence-electron chi connectivity index (χ4n) is 3.12. The third-order valence-corrected chi connectivity index (χ3v) is 5.60. The van der Waals surface area contributed by atoms with E-state index in [0.717, 1.165) is 49.1 Å². The molecular weight excluding hydrogens is 364 g/mol. The Morgan fingerprint density at radius 1 is 1.22 bits per heavy atom. The van der Waals surface area contributed by atoms with E-state index in [4.69, 9.17) is 4.74 Å². The molecule has 1 aliphatic heterocycles. The second kappa shape index (κ2) is 7.50. The lowest BCUT2D eigenvalue weighted by molar-refractivity contribution is 0.122. The minimum Gasteiger partial charge on any atom is -0.378 e. The van der Waals surface area contributed by atoms with Gasteiger partial charge in [0.25, 0.3) is 5.56 Å². The maximum Gasteiger partial charge on any atom is 0.340 e. The zero-order valence-corrected chi connectivity index (χ0v) is 15.8. The molecule has 0 bridgehead atoms. The number of carbonyl (C=O) groups is 1. The van der Waals surface area contributed by atoms with Crippen LogP contribution >= 0.6 is 11.5 Å². The van der Waals surface area contributed by atoms with Crippen LogP contribution in [0.25, 0.3) is 10.2 Å². The minimum absolute atomic E-state index is 0.317. The summed E-state index contributed by atoms with van der Waals surface area (Å²) in [5.41, 5.74) is 1.85. The number of hydrogen-bond donors (Lipinski definition) is 0. The summed E-state index contributed by atoms with van der Waals surface area (Å²) in [5.74, 6) is 0. The van der Waals surface area contributed by atoms with Gasteiger partial charge in [-0.1, -0.05) is 12.1 Å². The van der Waals surface area contributed by atoms with Gasteiger partial charge < -0.3 is 14.5 Å². The van der Waals surface area contributed by atoms with Crippen molar-refractivity contribution in [2.75, 3.05) is 38.3 Å². The van der Waals surface area contributed by atoms with Crippen molar-refractivity contribution in [1.82, 2.24) is 13.8 Å². The van der Waals surface area contributed by atoms with Gasteiger partial charge in [0.2, 0.25) is 0 Å². The van der Waals surface area contributed by atoms with Crippen molar-refractivity contribution in [3.05, 3.63) is 58.5 Å². The Morgan fingerprint density at radius 2 is 1.96 bits per heavy atom. The lowest BCUT2D eigenvalue weighted by atomic mass is 10.2. The standard InChI is InChI=1S/C19H20N4O3S/c1-21(19(25)23-18(24)16-3-2-8-20-17(16)27-23)13-14-4-6-15(7-5-14)22-9-11-26-12-10-22/h2-8H,9-13H2,1H3. The summed E-state index contributed by atoms with van der Waals surface area (Å²) in [4.78, 5) is 33.7. The Balaban J connectivity index is 1.47. The van der Waals surface area contributed by atoms with E-state index in [1.165, 1.54) is 3.96 Å². The average molecular weight is 384 g/mol. The fourth-order valence-corrected chi connectivity index (χ4v) is 4.05. The van der Waals surface area contributed by atoms with E-state index < -0.39 is 0 Å². The molecule has 0 unspecified atom stereocenters. The molecule has 7 nitrogen and oxygen atoms in total. The van der Waals surface area contributed by atoms with E-state index in [9.17, 15) is 9.59 Å². The molecule has 1 aliphatic rings. The molecule has 1 amide bonds. The van der Waals surface area contributed by atoms with Gasteiger partial charge in [0.1, 0.15) is 4.83 Å². The van der Waals surface area contributed by atoms with Crippen molar-refractivity contribution in [1.29, 1.82) is 0 Å². The van der Waals surface area contributed by atoms with Gasteiger partial charge in [-0.3, -0.25) is 4.79 Å². The summed E-state index contributed by atoms with van der Waals surface area (Å²) in [5, 5.41) is 0.471. The van der Waals surface area contributed by atoms with E-state index >= 15 is 0 Å². The number of morpholine rings is 1. The molecule has 4 rings (SSSR count). The van der Waals surface area contributed by atoms with Crippen molar-refractivity contribution in [3.8, 4) is 0 Å². The fraction of sp³-hybridized carbons (Fsp3) is 0.316. The molecule has 0 radical (unpaired) electrons. The van der Waals surface area contributed by atoms with Crippen LogP contribution in [-0.2, 0) is 11.3 Å². The van der Waals surface area contributed by atoms with Gasteiger partial charge in [-0.05, 0) is 41.4 Å². The highest BCUT2D eigenvalue weighted by Gasteiger charge is 2.18. The normalized spacial score (nSPS) is 14.5. The first kappa shape index (κ1) is 17.7. The van der Waals surface area contributed by atoms with E-state index in [1.54, 1.807) is 30.3 Å². The summed E-state index contributed by atoms with van der Waals surface area (Å²) >= 11 is 1.08. The van der Waals surface area contributed by atoms with Crippen molar-refractivity contribution in [2.45, 2.75) is 6.54 Å². The first-order chi connectivity index (χ1) is 13.1. The van der Waals surface area contributed by atoms with Gasteiger partial charge in [0.05, 0.1) is 18.6 Å². The zero-order chi connectivity index (χ0) is 18.8. The number of fused-ring (bicyclic) bond motifs is 1. The quantitative estimate of drug-likeness (QED) is 0.694. The molecule has 1 fully saturated rings. The van der Waals surface area contributed by atoms with E-state index in [1.807, 2.05) is 12.1 Å². The SMILES string of the molecule is CN(Cc1ccc(N2CCOCC2)cc1)C(=O)n1sc2ncccc2c1=O.